The molecule has 0 saturated carbocycles. The molecular formula is C12H9ClFN. The predicted octanol–water partition coefficient (Wildman–Crippen LogP) is 3.73. The third-order valence-corrected chi connectivity index (χ3v) is 2.41. The van der Waals surface area contributed by atoms with Crippen LogP contribution in [0.4, 0.5) is 10.1 Å². The molecule has 0 radical (unpaired) electrons. The van der Waals surface area contributed by atoms with Crippen LogP contribution in [0.2, 0.25) is 5.02 Å². The molecule has 2 rings (SSSR count). The van der Waals surface area contributed by atoms with E-state index < -0.39 is 0 Å². The Morgan fingerprint density at radius 1 is 1.00 bits per heavy atom. The van der Waals surface area contributed by atoms with Crippen LogP contribution in [0.25, 0.3) is 11.1 Å². The van der Waals surface area contributed by atoms with Crippen molar-refractivity contribution in [2.45, 2.75) is 0 Å². The van der Waals surface area contributed by atoms with Gasteiger partial charge in [0.05, 0.1) is 0 Å². The zero-order valence-electron chi connectivity index (χ0n) is 7.87. The Bertz CT molecular complexity index is 497. The van der Waals surface area contributed by atoms with Crippen molar-refractivity contribution in [3.63, 3.8) is 0 Å². The second-order valence-electron chi connectivity index (χ2n) is 3.21. The lowest BCUT2D eigenvalue weighted by atomic mass is 10.0. The van der Waals surface area contributed by atoms with Crippen molar-refractivity contribution < 1.29 is 4.39 Å². The molecule has 0 aliphatic heterocycles. The van der Waals surface area contributed by atoms with Gasteiger partial charge < -0.3 is 5.73 Å². The molecular weight excluding hydrogens is 213 g/mol. The van der Waals surface area contributed by atoms with E-state index in [2.05, 4.69) is 0 Å². The van der Waals surface area contributed by atoms with Crippen molar-refractivity contribution in [1.29, 1.82) is 0 Å². The molecule has 0 aliphatic carbocycles. The average Bonchev–Trinajstić information content (AvgIpc) is 2.20. The van der Waals surface area contributed by atoms with Gasteiger partial charge in [-0.2, -0.15) is 0 Å². The molecule has 0 fully saturated rings. The average molecular weight is 222 g/mol. The molecule has 0 amide bonds. The molecule has 0 aliphatic rings. The zero-order valence-corrected chi connectivity index (χ0v) is 8.63. The van der Waals surface area contributed by atoms with E-state index in [1.54, 1.807) is 36.4 Å². The van der Waals surface area contributed by atoms with Gasteiger partial charge in [-0.15, -0.1) is 0 Å². The zero-order chi connectivity index (χ0) is 10.8. The monoisotopic (exact) mass is 221 g/mol. The van der Waals surface area contributed by atoms with Crippen molar-refractivity contribution in [3.8, 4) is 11.1 Å². The highest BCUT2D eigenvalue weighted by atomic mass is 35.5. The fourth-order valence-electron chi connectivity index (χ4n) is 1.46. The highest BCUT2D eigenvalue weighted by molar-refractivity contribution is 6.31. The number of anilines is 1. The molecule has 76 valence electrons. The number of rotatable bonds is 1. The minimum Gasteiger partial charge on any atom is -0.398 e. The first-order valence-electron chi connectivity index (χ1n) is 4.48. The van der Waals surface area contributed by atoms with Crippen molar-refractivity contribution in [2.75, 3.05) is 5.73 Å². The Balaban J connectivity index is 2.60. The van der Waals surface area contributed by atoms with E-state index in [9.17, 15) is 4.39 Å². The van der Waals surface area contributed by atoms with Crippen LogP contribution in [-0.4, -0.2) is 0 Å². The Hall–Kier alpha value is -1.54. The van der Waals surface area contributed by atoms with E-state index in [1.807, 2.05) is 0 Å². The SMILES string of the molecule is Nc1cc(Cl)ccc1-c1ccccc1F. The van der Waals surface area contributed by atoms with Gasteiger partial charge in [-0.25, -0.2) is 4.39 Å². The first kappa shape index (κ1) is 9.99. The smallest absolute Gasteiger partial charge is 0.131 e. The molecule has 0 saturated heterocycles. The van der Waals surface area contributed by atoms with Crippen LogP contribution in [0.1, 0.15) is 0 Å². The summed E-state index contributed by atoms with van der Waals surface area (Å²) in [4.78, 5) is 0. The predicted molar refractivity (Wildman–Crippen MR) is 61.3 cm³/mol. The van der Waals surface area contributed by atoms with Gasteiger partial charge in [0, 0.05) is 21.8 Å². The number of nitrogen functional groups attached to an aromatic ring is 1. The maximum Gasteiger partial charge on any atom is 0.131 e. The molecule has 2 aromatic rings. The molecule has 0 unspecified atom stereocenters. The number of benzene rings is 2. The maximum atomic E-state index is 13.5. The maximum absolute atomic E-state index is 13.5. The summed E-state index contributed by atoms with van der Waals surface area (Å²) in [5, 5.41) is 0.549. The minimum atomic E-state index is -0.286. The van der Waals surface area contributed by atoms with Gasteiger partial charge in [-0.05, 0) is 18.2 Å². The first-order valence-corrected chi connectivity index (χ1v) is 4.86. The van der Waals surface area contributed by atoms with E-state index in [0.29, 0.717) is 21.8 Å². The molecule has 0 bridgehead atoms. The Kier molecular flexibility index (Phi) is 2.60. The highest BCUT2D eigenvalue weighted by Crippen LogP contribution is 2.29. The number of hydrogen-bond acceptors (Lipinski definition) is 1. The van der Waals surface area contributed by atoms with E-state index in [-0.39, 0.29) is 5.82 Å². The molecule has 0 atom stereocenters. The molecule has 0 heterocycles. The summed E-state index contributed by atoms with van der Waals surface area (Å²) < 4.78 is 13.5. The summed E-state index contributed by atoms with van der Waals surface area (Å²) in [6.45, 7) is 0. The van der Waals surface area contributed by atoms with Crippen molar-refractivity contribution in [2.24, 2.45) is 0 Å². The molecule has 0 aromatic heterocycles. The number of halogens is 2. The molecule has 1 nitrogen and oxygen atoms in total. The second kappa shape index (κ2) is 3.91. The highest BCUT2D eigenvalue weighted by Gasteiger charge is 2.07. The summed E-state index contributed by atoms with van der Waals surface area (Å²) in [5.41, 5.74) is 7.41. The number of nitrogens with two attached hydrogens (primary N) is 1. The normalized spacial score (nSPS) is 10.3. The van der Waals surface area contributed by atoms with Crippen molar-refractivity contribution in [1.82, 2.24) is 0 Å². The van der Waals surface area contributed by atoms with Gasteiger partial charge >= 0.3 is 0 Å². The molecule has 2 aromatic carbocycles. The van der Waals surface area contributed by atoms with E-state index >= 15 is 0 Å². The van der Waals surface area contributed by atoms with Crippen LogP contribution in [0, 0.1) is 5.82 Å². The summed E-state index contributed by atoms with van der Waals surface area (Å²) in [5.74, 6) is -0.286. The Morgan fingerprint density at radius 2 is 1.73 bits per heavy atom. The van der Waals surface area contributed by atoms with E-state index in [1.165, 1.54) is 6.07 Å². The van der Waals surface area contributed by atoms with Gasteiger partial charge in [0.2, 0.25) is 0 Å². The van der Waals surface area contributed by atoms with Gasteiger partial charge in [0.1, 0.15) is 5.82 Å². The standard InChI is InChI=1S/C12H9ClFN/c13-8-5-6-10(12(15)7-8)9-3-1-2-4-11(9)14/h1-7H,15H2. The van der Waals surface area contributed by atoms with Gasteiger partial charge in [-0.3, -0.25) is 0 Å². The molecule has 2 N–H and O–H groups in total. The third-order valence-electron chi connectivity index (χ3n) is 2.18. The van der Waals surface area contributed by atoms with Crippen LogP contribution < -0.4 is 5.73 Å². The number of hydrogen-bond donors (Lipinski definition) is 1. The summed E-state index contributed by atoms with van der Waals surface area (Å²) in [6.07, 6.45) is 0. The lowest BCUT2D eigenvalue weighted by Gasteiger charge is -2.06. The fraction of sp³-hybridized carbons (Fsp3) is 0. The largest absolute Gasteiger partial charge is 0.398 e. The third kappa shape index (κ3) is 1.95. The van der Waals surface area contributed by atoms with E-state index in [4.69, 9.17) is 17.3 Å². The first-order chi connectivity index (χ1) is 7.18. The quantitative estimate of drug-likeness (QED) is 0.730. The Labute approximate surface area is 92.3 Å². The Morgan fingerprint density at radius 3 is 2.40 bits per heavy atom. The van der Waals surface area contributed by atoms with Crippen LogP contribution in [0.3, 0.4) is 0 Å². The van der Waals surface area contributed by atoms with Crippen molar-refractivity contribution >= 4 is 17.3 Å². The minimum absolute atomic E-state index is 0.286. The van der Waals surface area contributed by atoms with Gasteiger partial charge in [0.15, 0.2) is 0 Å². The molecule has 3 heteroatoms. The molecule has 0 spiro atoms. The van der Waals surface area contributed by atoms with Crippen molar-refractivity contribution in [3.05, 3.63) is 53.3 Å². The van der Waals surface area contributed by atoms with Crippen LogP contribution in [0.5, 0.6) is 0 Å². The summed E-state index contributed by atoms with van der Waals surface area (Å²) in [6, 6.07) is 11.5. The second-order valence-corrected chi connectivity index (χ2v) is 3.65. The van der Waals surface area contributed by atoms with Gasteiger partial charge in [0.25, 0.3) is 0 Å². The lowest BCUT2D eigenvalue weighted by molar-refractivity contribution is 0.631. The lowest BCUT2D eigenvalue weighted by Crippen LogP contribution is -1.91. The van der Waals surface area contributed by atoms with Crippen LogP contribution in [0.15, 0.2) is 42.5 Å². The van der Waals surface area contributed by atoms with Crippen LogP contribution in [-0.2, 0) is 0 Å². The van der Waals surface area contributed by atoms with Crippen LogP contribution >= 0.6 is 11.6 Å². The molecule has 15 heavy (non-hydrogen) atoms. The fourth-order valence-corrected chi connectivity index (χ4v) is 1.64. The van der Waals surface area contributed by atoms with E-state index in [0.717, 1.165) is 0 Å². The topological polar surface area (TPSA) is 26.0 Å². The summed E-state index contributed by atoms with van der Waals surface area (Å²) in [7, 11) is 0. The summed E-state index contributed by atoms with van der Waals surface area (Å²) >= 11 is 5.77. The van der Waals surface area contributed by atoms with Gasteiger partial charge in [-0.1, -0.05) is 35.9 Å².